The molecule has 1 fully saturated rings. The van der Waals surface area contributed by atoms with Crippen molar-refractivity contribution in [3.8, 4) is 0 Å². The number of carbonyl (C=O) groups excluding carboxylic acids is 1. The van der Waals surface area contributed by atoms with Crippen LogP contribution in [0, 0.1) is 0 Å². The molecule has 0 bridgehead atoms. The van der Waals surface area contributed by atoms with Crippen molar-refractivity contribution in [2.75, 3.05) is 0 Å². The number of nitrogens with zero attached hydrogens (tertiary/aromatic N) is 2. The van der Waals surface area contributed by atoms with Gasteiger partial charge in [-0.1, -0.05) is 84.6 Å². The highest BCUT2D eigenvalue weighted by Gasteiger charge is 2.30. The average Bonchev–Trinajstić information content (AvgIpc) is 3.69. The first-order chi connectivity index (χ1) is 16.7. The predicted molar refractivity (Wildman–Crippen MR) is 137 cm³/mol. The SMILES string of the molecule is O=C(NC1CC1)C(Sc1nc2ccccc2c(=O)n1CCCc1ccccc1)c1ccccc1. The second kappa shape index (κ2) is 10.3. The minimum absolute atomic E-state index is 0.0306. The fraction of sp³-hybridized carbons (Fsp3) is 0.250. The number of aromatic nitrogens is 2. The largest absolute Gasteiger partial charge is 0.352 e. The van der Waals surface area contributed by atoms with Crippen LogP contribution in [0.5, 0.6) is 0 Å². The summed E-state index contributed by atoms with van der Waals surface area (Å²) in [4.78, 5) is 31.5. The molecule has 5 rings (SSSR count). The number of carbonyl (C=O) groups is 1. The lowest BCUT2D eigenvalue weighted by Gasteiger charge is -2.19. The molecule has 1 N–H and O–H groups in total. The van der Waals surface area contributed by atoms with E-state index in [1.807, 2.05) is 72.8 Å². The fourth-order valence-corrected chi connectivity index (χ4v) is 5.16. The van der Waals surface area contributed by atoms with Crippen LogP contribution < -0.4 is 10.9 Å². The Bertz CT molecular complexity index is 1330. The third kappa shape index (κ3) is 5.23. The molecule has 1 unspecified atom stereocenters. The van der Waals surface area contributed by atoms with E-state index in [0.717, 1.165) is 31.2 Å². The zero-order chi connectivity index (χ0) is 23.3. The molecule has 0 saturated heterocycles. The van der Waals surface area contributed by atoms with E-state index in [9.17, 15) is 9.59 Å². The molecule has 1 atom stereocenters. The maximum atomic E-state index is 13.5. The Kier molecular flexibility index (Phi) is 6.77. The number of rotatable bonds is 9. The number of fused-ring (bicyclic) bond motifs is 1. The summed E-state index contributed by atoms with van der Waals surface area (Å²) in [6.07, 6.45) is 3.73. The van der Waals surface area contributed by atoms with E-state index in [0.29, 0.717) is 22.6 Å². The van der Waals surface area contributed by atoms with E-state index >= 15 is 0 Å². The summed E-state index contributed by atoms with van der Waals surface area (Å²) in [5.74, 6) is -0.0306. The standard InChI is InChI=1S/C28H27N3O2S/c32-26(29-22-17-18-22)25(21-13-5-2-6-14-21)34-28-30-24-16-8-7-15-23(24)27(33)31(28)19-9-12-20-10-3-1-4-11-20/h1-8,10-11,13-16,22,25H,9,12,17-19H2,(H,29,32). The molecule has 1 aromatic heterocycles. The number of benzene rings is 3. The van der Waals surface area contributed by atoms with Crippen LogP contribution in [-0.2, 0) is 17.8 Å². The molecule has 1 saturated carbocycles. The first-order valence-electron chi connectivity index (χ1n) is 11.7. The van der Waals surface area contributed by atoms with Gasteiger partial charge >= 0.3 is 0 Å². The van der Waals surface area contributed by atoms with Gasteiger partial charge in [0.1, 0.15) is 5.25 Å². The summed E-state index contributed by atoms with van der Waals surface area (Å²) in [6.45, 7) is 0.541. The smallest absolute Gasteiger partial charge is 0.262 e. The number of amides is 1. The Morgan fingerprint density at radius 2 is 1.65 bits per heavy atom. The van der Waals surface area contributed by atoms with Crippen LogP contribution in [-0.4, -0.2) is 21.5 Å². The molecule has 6 heteroatoms. The van der Waals surface area contributed by atoms with E-state index in [4.69, 9.17) is 4.98 Å². The van der Waals surface area contributed by atoms with Gasteiger partial charge in [-0.2, -0.15) is 0 Å². The Balaban J connectivity index is 1.48. The Hall–Kier alpha value is -3.38. The van der Waals surface area contributed by atoms with Gasteiger partial charge in [0, 0.05) is 12.6 Å². The van der Waals surface area contributed by atoms with Crippen LogP contribution in [0.2, 0.25) is 0 Å². The highest BCUT2D eigenvalue weighted by Crippen LogP contribution is 2.35. The topological polar surface area (TPSA) is 64.0 Å². The number of aryl methyl sites for hydroxylation is 1. The van der Waals surface area contributed by atoms with E-state index in [2.05, 4.69) is 17.4 Å². The van der Waals surface area contributed by atoms with E-state index in [1.54, 1.807) is 4.57 Å². The minimum atomic E-state index is -0.477. The highest BCUT2D eigenvalue weighted by atomic mass is 32.2. The molecule has 0 aliphatic heterocycles. The highest BCUT2D eigenvalue weighted by molar-refractivity contribution is 8.00. The Morgan fingerprint density at radius 1 is 0.971 bits per heavy atom. The zero-order valence-corrected chi connectivity index (χ0v) is 19.7. The molecule has 4 aromatic rings. The number of hydrogen-bond donors (Lipinski definition) is 1. The maximum absolute atomic E-state index is 13.5. The van der Waals surface area contributed by atoms with Crippen LogP contribution in [0.4, 0.5) is 0 Å². The molecular weight excluding hydrogens is 442 g/mol. The predicted octanol–water partition coefficient (Wildman–Crippen LogP) is 5.14. The number of thioether (sulfide) groups is 1. The second-order valence-electron chi connectivity index (χ2n) is 8.65. The van der Waals surface area contributed by atoms with Crippen molar-refractivity contribution in [2.24, 2.45) is 0 Å². The summed E-state index contributed by atoms with van der Waals surface area (Å²) in [7, 11) is 0. The first kappa shape index (κ1) is 22.4. The van der Waals surface area contributed by atoms with Gasteiger partial charge in [0.25, 0.3) is 5.56 Å². The van der Waals surface area contributed by atoms with Crippen molar-refractivity contribution in [1.82, 2.24) is 14.9 Å². The minimum Gasteiger partial charge on any atom is -0.352 e. The van der Waals surface area contributed by atoms with Crippen molar-refractivity contribution in [3.63, 3.8) is 0 Å². The molecule has 1 aliphatic carbocycles. The maximum Gasteiger partial charge on any atom is 0.262 e. The molecule has 1 heterocycles. The zero-order valence-electron chi connectivity index (χ0n) is 18.9. The summed E-state index contributed by atoms with van der Waals surface area (Å²) in [5, 5.41) is 3.84. The van der Waals surface area contributed by atoms with Gasteiger partial charge in [-0.15, -0.1) is 0 Å². The monoisotopic (exact) mass is 469 g/mol. The van der Waals surface area contributed by atoms with Gasteiger partial charge in [0.15, 0.2) is 5.16 Å². The van der Waals surface area contributed by atoms with Crippen LogP contribution in [0.3, 0.4) is 0 Å². The van der Waals surface area contributed by atoms with Gasteiger partial charge in [-0.3, -0.25) is 14.2 Å². The molecule has 1 aliphatic rings. The summed E-state index contributed by atoms with van der Waals surface area (Å²) < 4.78 is 1.75. The summed E-state index contributed by atoms with van der Waals surface area (Å²) in [6, 6.07) is 27.7. The van der Waals surface area contributed by atoms with Gasteiger partial charge in [-0.05, 0) is 48.9 Å². The Morgan fingerprint density at radius 3 is 2.38 bits per heavy atom. The van der Waals surface area contributed by atoms with Crippen LogP contribution in [0.15, 0.2) is 94.9 Å². The van der Waals surface area contributed by atoms with Crippen LogP contribution in [0.25, 0.3) is 10.9 Å². The lowest BCUT2D eigenvalue weighted by molar-refractivity contribution is -0.120. The second-order valence-corrected chi connectivity index (χ2v) is 9.72. The molecule has 3 aromatic carbocycles. The normalized spacial score (nSPS) is 14.1. The third-order valence-corrected chi connectivity index (χ3v) is 7.25. The van der Waals surface area contributed by atoms with Crippen molar-refractivity contribution >= 4 is 28.6 Å². The first-order valence-corrected chi connectivity index (χ1v) is 12.6. The van der Waals surface area contributed by atoms with Gasteiger partial charge in [0.2, 0.25) is 5.91 Å². The average molecular weight is 470 g/mol. The van der Waals surface area contributed by atoms with Crippen molar-refractivity contribution < 1.29 is 4.79 Å². The molecule has 5 nitrogen and oxygen atoms in total. The van der Waals surface area contributed by atoms with E-state index in [-0.39, 0.29) is 17.5 Å². The summed E-state index contributed by atoms with van der Waals surface area (Å²) >= 11 is 1.36. The van der Waals surface area contributed by atoms with Gasteiger partial charge in [0.05, 0.1) is 10.9 Å². The molecule has 172 valence electrons. The van der Waals surface area contributed by atoms with Crippen molar-refractivity contribution in [2.45, 2.75) is 48.7 Å². The number of nitrogens with one attached hydrogen (secondary N) is 1. The number of hydrogen-bond acceptors (Lipinski definition) is 4. The molecule has 34 heavy (non-hydrogen) atoms. The molecule has 0 spiro atoms. The van der Waals surface area contributed by atoms with Gasteiger partial charge in [-0.25, -0.2) is 4.98 Å². The van der Waals surface area contributed by atoms with Crippen LogP contribution >= 0.6 is 11.8 Å². The van der Waals surface area contributed by atoms with E-state index < -0.39 is 5.25 Å². The van der Waals surface area contributed by atoms with Crippen LogP contribution in [0.1, 0.15) is 35.6 Å². The fourth-order valence-electron chi connectivity index (χ4n) is 4.03. The van der Waals surface area contributed by atoms with Crippen molar-refractivity contribution in [3.05, 3.63) is 106 Å². The quantitative estimate of drug-likeness (QED) is 0.272. The lowest BCUT2D eigenvalue weighted by atomic mass is 10.1. The summed E-state index contributed by atoms with van der Waals surface area (Å²) in [5.41, 5.74) is 2.74. The third-order valence-electron chi connectivity index (χ3n) is 6.00. The van der Waals surface area contributed by atoms with Crippen molar-refractivity contribution in [1.29, 1.82) is 0 Å². The molecular formula is C28H27N3O2S. The Labute approximate surface area is 203 Å². The number of para-hydroxylation sites is 1. The lowest BCUT2D eigenvalue weighted by Crippen LogP contribution is -2.31. The molecule has 1 amide bonds. The molecule has 0 radical (unpaired) electrons. The van der Waals surface area contributed by atoms with E-state index in [1.165, 1.54) is 17.3 Å². The van der Waals surface area contributed by atoms with Gasteiger partial charge < -0.3 is 5.32 Å².